The molecule has 1 aromatic rings. The topological polar surface area (TPSA) is 60.8 Å². The van der Waals surface area contributed by atoms with E-state index in [4.69, 9.17) is 0 Å². The van der Waals surface area contributed by atoms with Crippen molar-refractivity contribution >= 4 is 11.7 Å². The Labute approximate surface area is 112 Å². The van der Waals surface area contributed by atoms with Crippen LogP contribution >= 0.6 is 0 Å². The van der Waals surface area contributed by atoms with Gasteiger partial charge in [-0.15, -0.1) is 0 Å². The molecule has 1 aliphatic carbocycles. The number of hydrogen-bond acceptors (Lipinski definition) is 3. The maximum atomic E-state index is 11.7. The van der Waals surface area contributed by atoms with E-state index in [0.717, 1.165) is 30.5 Å². The molecule has 0 saturated heterocycles. The van der Waals surface area contributed by atoms with Crippen molar-refractivity contribution in [2.45, 2.75) is 37.6 Å². The van der Waals surface area contributed by atoms with Gasteiger partial charge in [-0.3, -0.25) is 4.79 Å². The zero-order valence-electron chi connectivity index (χ0n) is 11.0. The number of aromatic hydroxyl groups is 1. The summed E-state index contributed by atoms with van der Waals surface area (Å²) in [5, 5.41) is 19.3. The predicted molar refractivity (Wildman–Crippen MR) is 72.6 cm³/mol. The number of aliphatic carboxylic acids is 1. The summed E-state index contributed by atoms with van der Waals surface area (Å²) in [5.41, 5.74) is 1.71. The Hall–Kier alpha value is -1.71. The first kappa shape index (κ1) is 12.3. The maximum Gasteiger partial charge on any atom is 0.311 e. The number of carbonyl (C=O) groups is 1. The number of carboxylic acid groups (broad SMARTS) is 1. The second-order valence-corrected chi connectivity index (χ2v) is 5.69. The highest BCUT2D eigenvalue weighted by Crippen LogP contribution is 2.47. The molecule has 3 unspecified atom stereocenters. The van der Waals surface area contributed by atoms with Gasteiger partial charge >= 0.3 is 5.97 Å². The molecule has 1 heterocycles. The second kappa shape index (κ2) is 4.44. The maximum absolute atomic E-state index is 11.7. The molecule has 1 aliphatic heterocycles. The molecule has 1 aromatic carbocycles. The number of rotatable bonds is 1. The SMILES string of the molecule is CN1c2ccc(O)cc2C(C(=O)O)C2CCCCC21. The minimum absolute atomic E-state index is 0.146. The van der Waals surface area contributed by atoms with Gasteiger partial charge in [0.25, 0.3) is 0 Å². The Morgan fingerprint density at radius 3 is 2.79 bits per heavy atom. The van der Waals surface area contributed by atoms with Gasteiger partial charge in [-0.2, -0.15) is 0 Å². The molecular formula is C15H19NO3. The fraction of sp³-hybridized carbons (Fsp3) is 0.533. The molecular weight excluding hydrogens is 242 g/mol. The number of nitrogens with zero attached hydrogens (tertiary/aromatic N) is 1. The van der Waals surface area contributed by atoms with Crippen LogP contribution in [-0.2, 0) is 4.79 Å². The van der Waals surface area contributed by atoms with E-state index in [-0.39, 0.29) is 11.7 Å². The summed E-state index contributed by atoms with van der Waals surface area (Å²) in [4.78, 5) is 13.9. The Morgan fingerprint density at radius 1 is 1.32 bits per heavy atom. The fourth-order valence-electron chi connectivity index (χ4n) is 3.85. The highest BCUT2D eigenvalue weighted by atomic mass is 16.4. The molecule has 3 rings (SSSR count). The summed E-state index contributed by atoms with van der Waals surface area (Å²) in [6.07, 6.45) is 4.30. The van der Waals surface area contributed by atoms with E-state index in [1.807, 2.05) is 13.1 Å². The molecule has 1 fully saturated rings. The lowest BCUT2D eigenvalue weighted by atomic mass is 9.70. The summed E-state index contributed by atoms with van der Waals surface area (Å²) in [7, 11) is 2.04. The highest BCUT2D eigenvalue weighted by Gasteiger charge is 2.44. The third-order valence-corrected chi connectivity index (χ3v) is 4.70. The van der Waals surface area contributed by atoms with Crippen LogP contribution in [0.5, 0.6) is 5.75 Å². The second-order valence-electron chi connectivity index (χ2n) is 5.69. The monoisotopic (exact) mass is 261 g/mol. The first-order valence-electron chi connectivity index (χ1n) is 6.88. The smallest absolute Gasteiger partial charge is 0.311 e. The molecule has 2 aliphatic rings. The molecule has 0 spiro atoms. The molecule has 0 amide bonds. The zero-order chi connectivity index (χ0) is 13.6. The Morgan fingerprint density at radius 2 is 2.05 bits per heavy atom. The Kier molecular flexibility index (Phi) is 2.88. The summed E-state index contributed by atoms with van der Waals surface area (Å²) >= 11 is 0. The van der Waals surface area contributed by atoms with Crippen molar-refractivity contribution in [3.8, 4) is 5.75 Å². The molecule has 19 heavy (non-hydrogen) atoms. The van der Waals surface area contributed by atoms with Gasteiger partial charge < -0.3 is 15.1 Å². The molecule has 4 nitrogen and oxygen atoms in total. The predicted octanol–water partition coefficient (Wildman–Crippen LogP) is 2.57. The first-order chi connectivity index (χ1) is 9.09. The van der Waals surface area contributed by atoms with E-state index < -0.39 is 11.9 Å². The fourth-order valence-corrected chi connectivity index (χ4v) is 3.85. The first-order valence-corrected chi connectivity index (χ1v) is 6.88. The summed E-state index contributed by atoms with van der Waals surface area (Å²) in [6.45, 7) is 0. The van der Waals surface area contributed by atoms with Crippen LogP contribution in [-0.4, -0.2) is 29.3 Å². The zero-order valence-corrected chi connectivity index (χ0v) is 11.0. The van der Waals surface area contributed by atoms with Crippen molar-refractivity contribution in [1.82, 2.24) is 0 Å². The van der Waals surface area contributed by atoms with Crippen molar-refractivity contribution in [2.24, 2.45) is 5.92 Å². The molecule has 0 aromatic heterocycles. The third kappa shape index (κ3) is 1.86. The number of carboxylic acids is 1. The van der Waals surface area contributed by atoms with Gasteiger partial charge in [-0.1, -0.05) is 12.8 Å². The summed E-state index contributed by atoms with van der Waals surface area (Å²) < 4.78 is 0. The molecule has 4 heteroatoms. The average Bonchev–Trinajstić information content (AvgIpc) is 2.38. The number of fused-ring (bicyclic) bond motifs is 2. The van der Waals surface area contributed by atoms with Gasteiger partial charge in [-0.05, 0) is 42.5 Å². The van der Waals surface area contributed by atoms with E-state index in [2.05, 4.69) is 4.90 Å². The van der Waals surface area contributed by atoms with E-state index in [1.165, 1.54) is 6.42 Å². The summed E-state index contributed by atoms with van der Waals surface area (Å²) in [6, 6.07) is 5.41. The number of phenolic OH excluding ortho intramolecular Hbond substituents is 1. The van der Waals surface area contributed by atoms with Crippen molar-refractivity contribution in [3.63, 3.8) is 0 Å². The average molecular weight is 261 g/mol. The molecule has 2 N–H and O–H groups in total. The number of hydrogen-bond donors (Lipinski definition) is 2. The van der Waals surface area contributed by atoms with Gasteiger partial charge in [0.15, 0.2) is 0 Å². The molecule has 102 valence electrons. The van der Waals surface area contributed by atoms with Crippen LogP contribution in [0.4, 0.5) is 5.69 Å². The lowest BCUT2D eigenvalue weighted by Gasteiger charge is -2.47. The Bertz CT molecular complexity index is 514. The van der Waals surface area contributed by atoms with Gasteiger partial charge in [0.2, 0.25) is 0 Å². The van der Waals surface area contributed by atoms with Gasteiger partial charge in [0.05, 0.1) is 5.92 Å². The minimum Gasteiger partial charge on any atom is -0.508 e. The lowest BCUT2D eigenvalue weighted by molar-refractivity contribution is -0.140. The molecule has 0 bridgehead atoms. The number of anilines is 1. The molecule has 1 saturated carbocycles. The van der Waals surface area contributed by atoms with Crippen LogP contribution in [0.15, 0.2) is 18.2 Å². The van der Waals surface area contributed by atoms with Gasteiger partial charge in [-0.25, -0.2) is 0 Å². The van der Waals surface area contributed by atoms with Crippen LogP contribution in [0.1, 0.15) is 37.2 Å². The van der Waals surface area contributed by atoms with E-state index in [9.17, 15) is 15.0 Å². The van der Waals surface area contributed by atoms with Crippen LogP contribution in [0.25, 0.3) is 0 Å². The quantitative estimate of drug-likeness (QED) is 0.815. The standard InChI is InChI=1S/C15H19NO3/c1-16-12-5-3-2-4-10(12)14(15(18)19)11-8-9(17)6-7-13(11)16/h6-8,10,12,14,17H,2-5H2,1H3,(H,18,19). The van der Waals surface area contributed by atoms with Crippen LogP contribution in [0.3, 0.4) is 0 Å². The van der Waals surface area contributed by atoms with Crippen LogP contribution in [0, 0.1) is 5.92 Å². The normalized spacial score (nSPS) is 29.5. The van der Waals surface area contributed by atoms with Crippen molar-refractivity contribution in [2.75, 3.05) is 11.9 Å². The summed E-state index contributed by atoms with van der Waals surface area (Å²) in [5.74, 6) is -0.946. The number of phenols is 1. The molecule has 3 atom stereocenters. The third-order valence-electron chi connectivity index (χ3n) is 4.70. The van der Waals surface area contributed by atoms with Crippen LogP contribution in [0.2, 0.25) is 0 Å². The van der Waals surface area contributed by atoms with Gasteiger partial charge in [0.1, 0.15) is 5.75 Å². The largest absolute Gasteiger partial charge is 0.508 e. The van der Waals surface area contributed by atoms with E-state index in [1.54, 1.807) is 12.1 Å². The van der Waals surface area contributed by atoms with E-state index in [0.29, 0.717) is 6.04 Å². The number of benzene rings is 1. The highest BCUT2D eigenvalue weighted by molar-refractivity contribution is 5.81. The van der Waals surface area contributed by atoms with E-state index >= 15 is 0 Å². The van der Waals surface area contributed by atoms with Crippen molar-refractivity contribution in [3.05, 3.63) is 23.8 Å². The lowest BCUT2D eigenvalue weighted by Crippen LogP contribution is -2.48. The van der Waals surface area contributed by atoms with Gasteiger partial charge in [0, 0.05) is 18.8 Å². The van der Waals surface area contributed by atoms with Crippen molar-refractivity contribution in [1.29, 1.82) is 0 Å². The Balaban J connectivity index is 2.13. The van der Waals surface area contributed by atoms with Crippen molar-refractivity contribution < 1.29 is 15.0 Å². The van der Waals surface area contributed by atoms with Crippen LogP contribution < -0.4 is 4.90 Å². The molecule has 0 radical (unpaired) electrons. The minimum atomic E-state index is -0.767.